The zero-order valence-corrected chi connectivity index (χ0v) is 24.8. The molecule has 1 aliphatic rings. The van der Waals surface area contributed by atoms with E-state index >= 15 is 0 Å². The summed E-state index contributed by atoms with van der Waals surface area (Å²) in [5, 5.41) is 0. The van der Waals surface area contributed by atoms with Crippen LogP contribution in [0.25, 0.3) is 16.7 Å². The van der Waals surface area contributed by atoms with Crippen LogP contribution in [0.2, 0.25) is 0 Å². The number of rotatable bonds is 4. The molecule has 0 amide bonds. The van der Waals surface area contributed by atoms with Gasteiger partial charge in [-0.15, -0.1) is 6.58 Å². The molecule has 0 N–H and O–H groups in total. The van der Waals surface area contributed by atoms with Gasteiger partial charge in [-0.2, -0.15) is 0 Å². The van der Waals surface area contributed by atoms with Crippen molar-refractivity contribution in [3.05, 3.63) is 137 Å². The van der Waals surface area contributed by atoms with Gasteiger partial charge >= 0.3 is 0 Å². The number of aryl methyl sites for hydroxylation is 1. The normalized spacial score (nSPS) is 14.0. The summed E-state index contributed by atoms with van der Waals surface area (Å²) >= 11 is 0. The van der Waals surface area contributed by atoms with E-state index in [1.807, 2.05) is 41.5 Å². The predicted molar refractivity (Wildman–Crippen MR) is 170 cm³/mol. The van der Waals surface area contributed by atoms with Crippen LogP contribution in [0.15, 0.2) is 109 Å². The molecule has 0 nitrogen and oxygen atoms in total. The molecule has 0 saturated carbocycles. The van der Waals surface area contributed by atoms with E-state index in [1.54, 1.807) is 0 Å². The lowest BCUT2D eigenvalue weighted by Crippen LogP contribution is -2.07. The van der Waals surface area contributed by atoms with Gasteiger partial charge in [-0.25, -0.2) is 0 Å². The Labute approximate surface area is 228 Å². The Morgan fingerprint density at radius 3 is 1.76 bits per heavy atom. The van der Waals surface area contributed by atoms with Gasteiger partial charge in [0.2, 0.25) is 0 Å². The average Bonchev–Trinajstić information content (AvgIpc) is 2.92. The van der Waals surface area contributed by atoms with Crippen LogP contribution in [-0.4, -0.2) is 0 Å². The van der Waals surface area contributed by atoms with Gasteiger partial charge in [0.25, 0.3) is 0 Å². The fourth-order valence-corrected chi connectivity index (χ4v) is 4.32. The summed E-state index contributed by atoms with van der Waals surface area (Å²) in [6, 6.07) is 28.1. The summed E-state index contributed by atoms with van der Waals surface area (Å²) in [6.07, 6.45) is 3.46. The molecule has 0 bridgehead atoms. The van der Waals surface area contributed by atoms with Crippen LogP contribution < -0.4 is 0 Å². The molecule has 0 heteroatoms. The van der Waals surface area contributed by atoms with Gasteiger partial charge in [0.05, 0.1) is 0 Å². The van der Waals surface area contributed by atoms with Gasteiger partial charge in [0.15, 0.2) is 0 Å². The van der Waals surface area contributed by atoms with Crippen molar-refractivity contribution in [2.45, 2.75) is 68.7 Å². The van der Waals surface area contributed by atoms with E-state index in [2.05, 4.69) is 119 Å². The van der Waals surface area contributed by atoms with Crippen molar-refractivity contribution >= 4 is 16.7 Å². The highest BCUT2D eigenvalue weighted by Crippen LogP contribution is 2.39. The Balaban J connectivity index is 0.000000767. The van der Waals surface area contributed by atoms with Crippen LogP contribution in [0, 0.1) is 12.8 Å². The minimum atomic E-state index is 0.499. The van der Waals surface area contributed by atoms with E-state index in [9.17, 15) is 0 Å². The summed E-state index contributed by atoms with van der Waals surface area (Å²) in [7, 11) is 0. The SMILES string of the molecule is C=C(C)C.C=C(c1ccc(C2=CC(C)=C(c3ccccc3)CC2C)cc1)c1ccccc1C.CC.CC. The van der Waals surface area contributed by atoms with E-state index in [-0.39, 0.29) is 0 Å². The topological polar surface area (TPSA) is 0 Å². The number of benzene rings is 3. The molecule has 0 saturated heterocycles. The molecule has 0 aliphatic heterocycles. The van der Waals surface area contributed by atoms with Crippen LogP contribution in [0.4, 0.5) is 0 Å². The van der Waals surface area contributed by atoms with Crippen molar-refractivity contribution in [2.24, 2.45) is 5.92 Å². The highest BCUT2D eigenvalue weighted by molar-refractivity contribution is 5.84. The highest BCUT2D eigenvalue weighted by Gasteiger charge is 2.20. The van der Waals surface area contributed by atoms with Gasteiger partial charge in [-0.1, -0.05) is 132 Å². The van der Waals surface area contributed by atoms with Gasteiger partial charge in [-0.3, -0.25) is 0 Å². The maximum atomic E-state index is 4.35. The molecule has 3 aromatic carbocycles. The highest BCUT2D eigenvalue weighted by atomic mass is 14.2. The first-order chi connectivity index (χ1) is 17.8. The van der Waals surface area contributed by atoms with Crippen LogP contribution in [0.1, 0.15) is 89.6 Å². The lowest BCUT2D eigenvalue weighted by Gasteiger charge is -2.25. The molecular formula is C37H48. The van der Waals surface area contributed by atoms with Crippen LogP contribution in [0.3, 0.4) is 0 Å². The summed E-state index contributed by atoms with van der Waals surface area (Å²) in [6.45, 7) is 26.6. The quantitative estimate of drug-likeness (QED) is 0.318. The summed E-state index contributed by atoms with van der Waals surface area (Å²) < 4.78 is 0. The Morgan fingerprint density at radius 1 is 0.703 bits per heavy atom. The molecule has 0 heterocycles. The monoisotopic (exact) mass is 492 g/mol. The van der Waals surface area contributed by atoms with E-state index in [1.165, 1.54) is 50.1 Å². The number of hydrogen-bond donors (Lipinski definition) is 0. The van der Waals surface area contributed by atoms with Crippen molar-refractivity contribution in [1.29, 1.82) is 0 Å². The fourth-order valence-electron chi connectivity index (χ4n) is 4.32. The van der Waals surface area contributed by atoms with Gasteiger partial charge < -0.3 is 0 Å². The molecule has 1 unspecified atom stereocenters. The Morgan fingerprint density at radius 2 is 1.22 bits per heavy atom. The molecule has 4 rings (SSSR count). The summed E-state index contributed by atoms with van der Waals surface area (Å²) in [5.74, 6) is 0.499. The lowest BCUT2D eigenvalue weighted by atomic mass is 9.79. The zero-order chi connectivity index (χ0) is 28.0. The smallest absolute Gasteiger partial charge is 0.0144 e. The van der Waals surface area contributed by atoms with Crippen LogP contribution in [-0.2, 0) is 0 Å². The molecule has 1 aliphatic carbocycles. The summed E-state index contributed by atoms with van der Waals surface area (Å²) in [4.78, 5) is 0. The Hall–Kier alpha value is -3.38. The fraction of sp³-hybridized carbons (Fsp3) is 0.297. The van der Waals surface area contributed by atoms with Crippen molar-refractivity contribution in [3.63, 3.8) is 0 Å². The Kier molecular flexibility index (Phi) is 14.0. The average molecular weight is 493 g/mol. The molecule has 0 aromatic heterocycles. The first kappa shape index (κ1) is 31.6. The first-order valence-corrected chi connectivity index (χ1v) is 13.7. The van der Waals surface area contributed by atoms with Crippen molar-refractivity contribution in [2.75, 3.05) is 0 Å². The van der Waals surface area contributed by atoms with Gasteiger partial charge in [0, 0.05) is 0 Å². The molecule has 196 valence electrons. The second kappa shape index (κ2) is 16.4. The van der Waals surface area contributed by atoms with E-state index in [4.69, 9.17) is 0 Å². The largest absolute Gasteiger partial charge is 0.100 e. The third-order valence-corrected chi connectivity index (χ3v) is 6.05. The number of hydrogen-bond acceptors (Lipinski definition) is 0. The Bertz CT molecular complexity index is 1180. The van der Waals surface area contributed by atoms with Crippen molar-refractivity contribution < 1.29 is 0 Å². The van der Waals surface area contributed by atoms with Crippen LogP contribution in [0.5, 0.6) is 0 Å². The second-order valence-electron chi connectivity index (χ2n) is 9.31. The van der Waals surface area contributed by atoms with E-state index < -0.39 is 0 Å². The lowest BCUT2D eigenvalue weighted by molar-refractivity contribution is 0.766. The van der Waals surface area contributed by atoms with Crippen LogP contribution >= 0.6 is 0 Å². The molecule has 1 atom stereocenters. The standard InChI is InChI=1S/C29H28.C4H8.2C2H6/c1-20-10-8-9-13-27(20)23(4)24-14-16-26(17-15-24)29-19-21(2)28(18-22(29)3)25-11-6-5-7-12-25;1-4(2)3;2*1-2/h5-17,19,22H,4,18H2,1-3H3;1H2,2-3H3;2*1-2H3. The maximum absolute atomic E-state index is 4.35. The van der Waals surface area contributed by atoms with Crippen molar-refractivity contribution in [3.8, 4) is 0 Å². The molecule has 3 aromatic rings. The molecule has 0 radical (unpaired) electrons. The molecule has 0 fully saturated rings. The third-order valence-electron chi connectivity index (χ3n) is 6.05. The van der Waals surface area contributed by atoms with Crippen molar-refractivity contribution in [1.82, 2.24) is 0 Å². The van der Waals surface area contributed by atoms with Gasteiger partial charge in [0.1, 0.15) is 0 Å². The van der Waals surface area contributed by atoms with Gasteiger partial charge in [-0.05, 0) is 90.1 Å². The molecule has 0 spiro atoms. The maximum Gasteiger partial charge on any atom is -0.0144 e. The number of allylic oxidation sites excluding steroid dienone is 5. The molecule has 37 heavy (non-hydrogen) atoms. The first-order valence-electron chi connectivity index (χ1n) is 13.7. The molecular weight excluding hydrogens is 444 g/mol. The van der Waals surface area contributed by atoms with E-state index in [0.717, 1.165) is 12.0 Å². The van der Waals surface area contributed by atoms with E-state index in [0.29, 0.717) is 5.92 Å². The predicted octanol–water partition coefficient (Wildman–Crippen LogP) is 11.6. The minimum Gasteiger partial charge on any atom is -0.100 e. The zero-order valence-electron chi connectivity index (χ0n) is 24.8. The summed E-state index contributed by atoms with van der Waals surface area (Å²) in [5.41, 5.74) is 12.8. The second-order valence-corrected chi connectivity index (χ2v) is 9.31. The third kappa shape index (κ3) is 9.21. The minimum absolute atomic E-state index is 0.499.